The zero-order chi connectivity index (χ0) is 23.7. The number of para-hydroxylation sites is 2. The van der Waals surface area contributed by atoms with Gasteiger partial charge >= 0.3 is 0 Å². The highest BCUT2D eigenvalue weighted by molar-refractivity contribution is 7.89. The van der Waals surface area contributed by atoms with E-state index in [9.17, 15) is 13.2 Å². The van der Waals surface area contributed by atoms with Crippen LogP contribution in [-0.4, -0.2) is 45.8 Å². The minimum absolute atomic E-state index is 0.165. The third kappa shape index (κ3) is 4.36. The number of benzene rings is 2. The lowest BCUT2D eigenvalue weighted by molar-refractivity contribution is 0.0942. The number of hydrogen-bond acceptors (Lipinski definition) is 4. The van der Waals surface area contributed by atoms with Gasteiger partial charge in [0.1, 0.15) is 10.6 Å². The van der Waals surface area contributed by atoms with Crippen LogP contribution in [0, 0.1) is 0 Å². The number of rotatable bonds is 7. The average Bonchev–Trinajstić information content (AvgIpc) is 3.59. The van der Waals surface area contributed by atoms with Crippen LogP contribution in [0.2, 0.25) is 0 Å². The lowest BCUT2D eigenvalue weighted by Crippen LogP contribution is -2.27. The maximum Gasteiger partial charge on any atom is 0.268 e. The van der Waals surface area contributed by atoms with Gasteiger partial charge in [0.25, 0.3) is 5.91 Å². The van der Waals surface area contributed by atoms with Crippen LogP contribution in [0.15, 0.2) is 72.0 Å². The van der Waals surface area contributed by atoms with Crippen molar-refractivity contribution in [1.82, 2.24) is 23.7 Å². The summed E-state index contributed by atoms with van der Waals surface area (Å²) in [4.78, 5) is 17.3. The molecule has 4 aromatic rings. The number of aromatic nitrogens is 3. The highest BCUT2D eigenvalue weighted by Crippen LogP contribution is 2.22. The van der Waals surface area contributed by atoms with Gasteiger partial charge in [-0.25, -0.2) is 13.4 Å². The van der Waals surface area contributed by atoms with Crippen LogP contribution in [0.3, 0.4) is 0 Å². The van der Waals surface area contributed by atoms with E-state index >= 15 is 0 Å². The van der Waals surface area contributed by atoms with E-state index in [1.807, 2.05) is 48.8 Å². The van der Waals surface area contributed by atoms with Crippen molar-refractivity contribution in [2.24, 2.45) is 7.05 Å². The third-order valence-electron chi connectivity index (χ3n) is 6.27. The molecule has 1 N–H and O–H groups in total. The smallest absolute Gasteiger partial charge is 0.268 e. The molecule has 3 heterocycles. The molecule has 1 aliphatic heterocycles. The van der Waals surface area contributed by atoms with Crippen LogP contribution in [0.1, 0.15) is 34.5 Å². The fraction of sp³-hybridized carbons (Fsp3) is 0.280. The van der Waals surface area contributed by atoms with Crippen molar-refractivity contribution in [1.29, 1.82) is 0 Å². The molecular weight excluding hydrogens is 450 g/mol. The minimum atomic E-state index is -3.56. The van der Waals surface area contributed by atoms with Crippen molar-refractivity contribution in [3.8, 4) is 0 Å². The van der Waals surface area contributed by atoms with Crippen molar-refractivity contribution in [2.45, 2.75) is 30.8 Å². The second-order valence-electron chi connectivity index (χ2n) is 8.64. The Morgan fingerprint density at radius 1 is 1.03 bits per heavy atom. The average molecular weight is 478 g/mol. The number of fused-ring (bicyclic) bond motifs is 1. The number of carbonyl (C=O) groups is 1. The SMILES string of the molecule is Cn1cc(S(=O)(=O)N2CCCC2)cc1C(=O)NCc1ccc(Cn2cnc3ccccc32)cc1. The summed E-state index contributed by atoms with van der Waals surface area (Å²) in [6.07, 6.45) is 5.10. The molecule has 5 rings (SSSR count). The summed E-state index contributed by atoms with van der Waals surface area (Å²) in [5.74, 6) is -0.306. The Morgan fingerprint density at radius 3 is 2.50 bits per heavy atom. The molecule has 0 unspecified atom stereocenters. The molecule has 0 spiro atoms. The highest BCUT2D eigenvalue weighted by Gasteiger charge is 2.29. The molecule has 8 nitrogen and oxygen atoms in total. The Balaban J connectivity index is 1.22. The van der Waals surface area contributed by atoms with Crippen LogP contribution < -0.4 is 5.32 Å². The van der Waals surface area contributed by atoms with E-state index in [4.69, 9.17) is 0 Å². The Bertz CT molecular complexity index is 1430. The Hall–Kier alpha value is -3.43. The van der Waals surface area contributed by atoms with Crippen molar-refractivity contribution in [3.63, 3.8) is 0 Å². The maximum atomic E-state index is 12.8. The maximum absolute atomic E-state index is 12.8. The zero-order valence-electron chi connectivity index (χ0n) is 19.0. The predicted molar refractivity (Wildman–Crippen MR) is 130 cm³/mol. The molecule has 2 aromatic carbocycles. The molecule has 1 saturated heterocycles. The Kier molecular flexibility index (Phi) is 5.97. The summed E-state index contributed by atoms with van der Waals surface area (Å²) in [6, 6.07) is 17.6. The number of amides is 1. The molecule has 176 valence electrons. The molecule has 2 aromatic heterocycles. The quantitative estimate of drug-likeness (QED) is 0.443. The highest BCUT2D eigenvalue weighted by atomic mass is 32.2. The van der Waals surface area contributed by atoms with E-state index < -0.39 is 10.0 Å². The normalized spacial score (nSPS) is 14.6. The van der Waals surface area contributed by atoms with Gasteiger partial charge in [-0.15, -0.1) is 0 Å². The van der Waals surface area contributed by atoms with E-state index in [1.165, 1.54) is 16.6 Å². The van der Waals surface area contributed by atoms with Gasteiger partial charge in [0, 0.05) is 39.4 Å². The van der Waals surface area contributed by atoms with E-state index in [0.717, 1.165) is 35.0 Å². The van der Waals surface area contributed by atoms with Crippen LogP contribution in [0.5, 0.6) is 0 Å². The van der Waals surface area contributed by atoms with Gasteiger partial charge in [-0.05, 0) is 42.2 Å². The standard InChI is InChI=1S/C25H27N5O3S/c1-28-17-21(34(32,33)30-12-4-5-13-30)14-24(28)25(31)26-15-19-8-10-20(11-9-19)16-29-18-27-22-6-2-3-7-23(22)29/h2-3,6-11,14,17-18H,4-5,12-13,15-16H2,1H3,(H,26,31). The Labute approximate surface area is 198 Å². The molecule has 1 aliphatic rings. The first kappa shape index (κ1) is 22.4. The number of carbonyl (C=O) groups excluding carboxylic acids is 1. The third-order valence-corrected chi connectivity index (χ3v) is 8.14. The largest absolute Gasteiger partial charge is 0.347 e. The molecule has 0 bridgehead atoms. The van der Waals surface area contributed by atoms with E-state index in [-0.39, 0.29) is 10.8 Å². The first-order valence-corrected chi connectivity index (χ1v) is 12.8. The molecule has 0 aliphatic carbocycles. The van der Waals surface area contributed by atoms with Gasteiger partial charge in [-0.1, -0.05) is 36.4 Å². The summed E-state index contributed by atoms with van der Waals surface area (Å²) in [5, 5.41) is 2.90. The van der Waals surface area contributed by atoms with E-state index in [0.29, 0.717) is 31.9 Å². The lowest BCUT2D eigenvalue weighted by Gasteiger charge is -2.13. The zero-order valence-corrected chi connectivity index (χ0v) is 19.8. The molecule has 1 fully saturated rings. The number of aryl methyl sites for hydroxylation is 1. The van der Waals surface area contributed by atoms with Gasteiger partial charge < -0.3 is 14.5 Å². The number of hydrogen-bond donors (Lipinski definition) is 1. The molecule has 0 saturated carbocycles. The van der Waals surface area contributed by atoms with E-state index in [1.54, 1.807) is 11.6 Å². The first-order valence-electron chi connectivity index (χ1n) is 11.3. The summed E-state index contributed by atoms with van der Waals surface area (Å²) >= 11 is 0. The first-order chi connectivity index (χ1) is 16.4. The number of imidazole rings is 1. The number of nitrogens with one attached hydrogen (secondary N) is 1. The monoisotopic (exact) mass is 477 g/mol. The molecule has 9 heteroatoms. The van der Waals surface area contributed by atoms with Crippen LogP contribution >= 0.6 is 0 Å². The molecule has 1 amide bonds. The van der Waals surface area contributed by atoms with Crippen molar-refractivity contribution in [3.05, 3.63) is 83.9 Å². The molecule has 0 atom stereocenters. The van der Waals surface area contributed by atoms with Crippen molar-refractivity contribution in [2.75, 3.05) is 13.1 Å². The number of nitrogens with zero attached hydrogens (tertiary/aromatic N) is 4. The fourth-order valence-corrected chi connectivity index (χ4v) is 5.94. The second kappa shape index (κ2) is 9.08. The van der Waals surface area contributed by atoms with Crippen LogP contribution in [0.25, 0.3) is 11.0 Å². The summed E-state index contributed by atoms with van der Waals surface area (Å²) < 4.78 is 30.7. The Morgan fingerprint density at radius 2 is 1.74 bits per heavy atom. The van der Waals surface area contributed by atoms with Crippen LogP contribution in [-0.2, 0) is 30.2 Å². The predicted octanol–water partition coefficient (Wildman–Crippen LogP) is 3.14. The van der Waals surface area contributed by atoms with Gasteiger partial charge in [-0.2, -0.15) is 4.31 Å². The van der Waals surface area contributed by atoms with Crippen LogP contribution in [0.4, 0.5) is 0 Å². The van der Waals surface area contributed by atoms with Crippen molar-refractivity contribution < 1.29 is 13.2 Å². The summed E-state index contributed by atoms with van der Waals surface area (Å²) in [5.41, 5.74) is 4.48. The number of sulfonamides is 1. The fourth-order valence-electron chi connectivity index (χ4n) is 4.35. The summed E-state index contributed by atoms with van der Waals surface area (Å²) in [6.45, 7) is 2.13. The minimum Gasteiger partial charge on any atom is -0.347 e. The summed E-state index contributed by atoms with van der Waals surface area (Å²) in [7, 11) is -1.87. The van der Waals surface area contributed by atoms with Gasteiger partial charge in [0.2, 0.25) is 10.0 Å². The second-order valence-corrected chi connectivity index (χ2v) is 10.6. The van der Waals surface area contributed by atoms with Gasteiger partial charge in [0.05, 0.1) is 17.4 Å². The topological polar surface area (TPSA) is 89.2 Å². The van der Waals surface area contributed by atoms with Crippen molar-refractivity contribution >= 4 is 27.0 Å². The molecule has 0 radical (unpaired) electrons. The van der Waals surface area contributed by atoms with Gasteiger partial charge in [0.15, 0.2) is 0 Å². The van der Waals surface area contributed by atoms with Gasteiger partial charge in [-0.3, -0.25) is 4.79 Å². The lowest BCUT2D eigenvalue weighted by atomic mass is 10.1. The molecular formula is C25H27N5O3S. The van der Waals surface area contributed by atoms with E-state index in [2.05, 4.69) is 20.9 Å². The molecule has 34 heavy (non-hydrogen) atoms.